The second-order valence-corrected chi connectivity index (χ2v) is 7.57. The van der Waals surface area contributed by atoms with Crippen molar-refractivity contribution in [2.75, 3.05) is 5.32 Å². The van der Waals surface area contributed by atoms with Gasteiger partial charge < -0.3 is 10.1 Å². The highest BCUT2D eigenvalue weighted by Gasteiger charge is 2.15. The number of ether oxygens (including phenoxy) is 1. The molecule has 0 unspecified atom stereocenters. The van der Waals surface area contributed by atoms with Gasteiger partial charge in [0.25, 0.3) is 5.91 Å². The van der Waals surface area contributed by atoms with Gasteiger partial charge in [-0.2, -0.15) is 0 Å². The van der Waals surface area contributed by atoms with Crippen molar-refractivity contribution in [1.82, 2.24) is 9.97 Å². The lowest BCUT2D eigenvalue weighted by molar-refractivity contribution is 0.102. The molecule has 3 rings (SSSR count). The van der Waals surface area contributed by atoms with Gasteiger partial charge >= 0.3 is 0 Å². The molecule has 1 N–H and O–H groups in total. The molecule has 0 aliphatic rings. The van der Waals surface area contributed by atoms with Gasteiger partial charge in [0, 0.05) is 24.0 Å². The minimum Gasteiger partial charge on any atom is -0.491 e. The van der Waals surface area contributed by atoms with Crippen LogP contribution in [0.5, 0.6) is 5.75 Å². The Morgan fingerprint density at radius 2 is 1.93 bits per heavy atom. The van der Waals surface area contributed by atoms with E-state index >= 15 is 0 Å². The molecule has 0 fully saturated rings. The average Bonchev–Trinajstić information content (AvgIpc) is 3.03. The Kier molecular flexibility index (Phi) is 6.19. The summed E-state index contributed by atoms with van der Waals surface area (Å²) in [7, 11) is 0. The molecule has 2 heterocycles. The summed E-state index contributed by atoms with van der Waals surface area (Å²) in [5.41, 5.74) is 2.52. The number of aromatic nitrogens is 2. The molecule has 0 spiro atoms. The van der Waals surface area contributed by atoms with Gasteiger partial charge in [0.05, 0.1) is 16.8 Å². The fraction of sp³-hybridized carbons (Fsp3) is 0.286. The Bertz CT molecular complexity index is 890. The molecule has 0 bridgehead atoms. The third-order valence-electron chi connectivity index (χ3n) is 3.85. The SMILES string of the molecule is Cc1nc(CCc2ccccn2)sc1C(=O)Nc1ccc(OC(C)C)cc1. The number of thiazole rings is 1. The van der Waals surface area contributed by atoms with Crippen LogP contribution in [0.3, 0.4) is 0 Å². The van der Waals surface area contributed by atoms with Gasteiger partial charge in [-0.15, -0.1) is 11.3 Å². The van der Waals surface area contributed by atoms with Crippen LogP contribution < -0.4 is 10.1 Å². The summed E-state index contributed by atoms with van der Waals surface area (Å²) in [6, 6.07) is 13.3. The number of hydrogen-bond donors (Lipinski definition) is 1. The molecule has 0 aliphatic carbocycles. The molecule has 0 saturated heterocycles. The summed E-state index contributed by atoms with van der Waals surface area (Å²) in [4.78, 5) is 22.1. The first-order valence-corrected chi connectivity index (χ1v) is 9.77. The molecular formula is C21H23N3O2S. The lowest BCUT2D eigenvalue weighted by Gasteiger charge is -2.10. The predicted octanol–water partition coefficient (Wildman–Crippen LogP) is 4.67. The molecule has 2 aromatic heterocycles. The smallest absolute Gasteiger partial charge is 0.267 e. The Hall–Kier alpha value is -2.73. The van der Waals surface area contributed by atoms with E-state index in [2.05, 4.69) is 15.3 Å². The molecule has 0 saturated carbocycles. The van der Waals surface area contributed by atoms with E-state index in [-0.39, 0.29) is 12.0 Å². The fourth-order valence-electron chi connectivity index (χ4n) is 2.63. The standard InChI is InChI=1S/C21H23N3O2S/c1-14(2)26-18-10-7-17(8-11-18)24-21(25)20-15(3)23-19(27-20)12-9-16-6-4-5-13-22-16/h4-8,10-11,13-14H,9,12H2,1-3H3,(H,24,25). The minimum atomic E-state index is -0.133. The first kappa shape index (κ1) is 19.0. The number of hydrogen-bond acceptors (Lipinski definition) is 5. The molecule has 3 aromatic rings. The normalized spacial score (nSPS) is 10.8. The first-order chi connectivity index (χ1) is 13.0. The van der Waals surface area contributed by atoms with Crippen molar-refractivity contribution in [3.63, 3.8) is 0 Å². The Balaban J connectivity index is 1.62. The molecule has 140 valence electrons. The number of aryl methyl sites for hydroxylation is 3. The summed E-state index contributed by atoms with van der Waals surface area (Å²) < 4.78 is 5.62. The monoisotopic (exact) mass is 381 g/mol. The van der Waals surface area contributed by atoms with E-state index in [1.165, 1.54) is 11.3 Å². The van der Waals surface area contributed by atoms with Crippen LogP contribution in [0.25, 0.3) is 0 Å². The molecule has 1 amide bonds. The van der Waals surface area contributed by atoms with Gasteiger partial charge in [-0.05, 0) is 63.6 Å². The molecule has 5 nitrogen and oxygen atoms in total. The van der Waals surface area contributed by atoms with Crippen LogP contribution in [0.2, 0.25) is 0 Å². The quantitative estimate of drug-likeness (QED) is 0.646. The van der Waals surface area contributed by atoms with Crippen molar-refractivity contribution in [1.29, 1.82) is 0 Å². The number of benzene rings is 1. The zero-order valence-corrected chi connectivity index (χ0v) is 16.5. The van der Waals surface area contributed by atoms with Gasteiger partial charge in [0.1, 0.15) is 10.6 Å². The Morgan fingerprint density at radius 1 is 1.15 bits per heavy atom. The van der Waals surface area contributed by atoms with Crippen molar-refractivity contribution >= 4 is 22.9 Å². The predicted molar refractivity (Wildman–Crippen MR) is 109 cm³/mol. The second-order valence-electron chi connectivity index (χ2n) is 6.49. The van der Waals surface area contributed by atoms with Gasteiger partial charge in [0.2, 0.25) is 0 Å². The molecule has 0 aliphatic heterocycles. The Morgan fingerprint density at radius 3 is 2.59 bits per heavy atom. The first-order valence-electron chi connectivity index (χ1n) is 8.95. The van der Waals surface area contributed by atoms with E-state index in [1.807, 2.05) is 63.2 Å². The fourth-order valence-corrected chi connectivity index (χ4v) is 3.59. The van der Waals surface area contributed by atoms with Crippen molar-refractivity contribution in [3.8, 4) is 5.75 Å². The van der Waals surface area contributed by atoms with Crippen LogP contribution in [0.15, 0.2) is 48.7 Å². The van der Waals surface area contributed by atoms with Gasteiger partial charge in [-0.25, -0.2) is 4.98 Å². The number of nitrogens with zero attached hydrogens (tertiary/aromatic N) is 2. The van der Waals surface area contributed by atoms with Crippen molar-refractivity contribution in [2.24, 2.45) is 0 Å². The van der Waals surface area contributed by atoms with Crippen LogP contribution >= 0.6 is 11.3 Å². The van der Waals surface area contributed by atoms with Crippen LogP contribution in [0.4, 0.5) is 5.69 Å². The summed E-state index contributed by atoms with van der Waals surface area (Å²) in [6.45, 7) is 5.83. The van der Waals surface area contributed by atoms with Crippen molar-refractivity contribution in [3.05, 3.63) is 69.9 Å². The van der Waals surface area contributed by atoms with E-state index < -0.39 is 0 Å². The summed E-state index contributed by atoms with van der Waals surface area (Å²) in [5, 5.41) is 3.88. The van der Waals surface area contributed by atoms with Crippen LogP contribution in [-0.4, -0.2) is 22.0 Å². The lowest BCUT2D eigenvalue weighted by Crippen LogP contribution is -2.11. The van der Waals surface area contributed by atoms with Crippen molar-refractivity contribution < 1.29 is 9.53 Å². The third-order valence-corrected chi connectivity index (χ3v) is 5.07. The molecule has 27 heavy (non-hydrogen) atoms. The number of carbonyl (C=O) groups is 1. The highest BCUT2D eigenvalue weighted by Crippen LogP contribution is 2.22. The molecule has 0 radical (unpaired) electrons. The highest BCUT2D eigenvalue weighted by molar-refractivity contribution is 7.13. The van der Waals surface area contributed by atoms with Crippen LogP contribution in [-0.2, 0) is 12.8 Å². The van der Waals surface area contributed by atoms with Crippen LogP contribution in [0.1, 0.15) is 39.9 Å². The number of nitrogens with one attached hydrogen (secondary N) is 1. The number of pyridine rings is 1. The number of anilines is 1. The van der Waals surface area contributed by atoms with Crippen molar-refractivity contribution in [2.45, 2.75) is 39.7 Å². The number of carbonyl (C=O) groups excluding carboxylic acids is 1. The highest BCUT2D eigenvalue weighted by atomic mass is 32.1. The zero-order valence-electron chi connectivity index (χ0n) is 15.7. The van der Waals surface area contributed by atoms with Gasteiger partial charge in [0.15, 0.2) is 0 Å². The minimum absolute atomic E-state index is 0.120. The van der Waals surface area contributed by atoms with E-state index in [4.69, 9.17) is 4.74 Å². The average molecular weight is 382 g/mol. The third kappa shape index (κ3) is 5.37. The summed E-state index contributed by atoms with van der Waals surface area (Å²) in [5.74, 6) is 0.653. The molecule has 0 atom stereocenters. The zero-order chi connectivity index (χ0) is 19.2. The summed E-state index contributed by atoms with van der Waals surface area (Å²) in [6.07, 6.45) is 3.50. The largest absolute Gasteiger partial charge is 0.491 e. The Labute approximate surface area is 163 Å². The topological polar surface area (TPSA) is 64.1 Å². The van der Waals surface area contributed by atoms with E-state index in [0.29, 0.717) is 4.88 Å². The van der Waals surface area contributed by atoms with E-state index in [9.17, 15) is 4.79 Å². The maximum Gasteiger partial charge on any atom is 0.267 e. The molecular weight excluding hydrogens is 358 g/mol. The maximum atomic E-state index is 12.6. The van der Waals surface area contributed by atoms with E-state index in [1.54, 1.807) is 6.20 Å². The number of rotatable bonds is 7. The van der Waals surface area contributed by atoms with Crippen LogP contribution in [0, 0.1) is 6.92 Å². The van der Waals surface area contributed by atoms with Gasteiger partial charge in [-0.1, -0.05) is 6.07 Å². The lowest BCUT2D eigenvalue weighted by atomic mass is 10.2. The second kappa shape index (κ2) is 8.77. The molecule has 1 aromatic carbocycles. The van der Waals surface area contributed by atoms with Gasteiger partial charge in [-0.3, -0.25) is 9.78 Å². The molecule has 6 heteroatoms. The maximum absolute atomic E-state index is 12.6. The summed E-state index contributed by atoms with van der Waals surface area (Å²) >= 11 is 1.44. The number of amides is 1. The van der Waals surface area contributed by atoms with E-state index in [0.717, 1.165) is 40.7 Å².